The Labute approximate surface area is 117 Å². The molecule has 1 N–H and O–H groups in total. The Morgan fingerprint density at radius 2 is 2.42 bits per heavy atom. The van der Waals surface area contributed by atoms with Crippen molar-refractivity contribution in [3.8, 4) is 0 Å². The summed E-state index contributed by atoms with van der Waals surface area (Å²) in [5, 5.41) is 8.54. The van der Waals surface area contributed by atoms with E-state index in [0.717, 1.165) is 11.8 Å². The Kier molecular flexibility index (Phi) is 3.73. The van der Waals surface area contributed by atoms with Gasteiger partial charge in [0, 0.05) is 22.7 Å². The molecule has 1 aromatic carbocycles. The molecule has 3 rings (SSSR count). The maximum atomic E-state index is 4.14. The molecule has 1 saturated heterocycles. The Balaban J connectivity index is 1.66. The zero-order chi connectivity index (χ0) is 13.1. The SMILES string of the molecule is CC1CC(Nc2cccc(Cn3cncn3)c2)CS1. The molecule has 5 heteroatoms. The lowest BCUT2D eigenvalue weighted by molar-refractivity contribution is 0.684. The molecular weight excluding hydrogens is 256 g/mol. The highest BCUT2D eigenvalue weighted by atomic mass is 32.2. The third-order valence-electron chi connectivity index (χ3n) is 3.31. The number of hydrogen-bond acceptors (Lipinski definition) is 4. The number of anilines is 1. The van der Waals surface area contributed by atoms with Crippen LogP contribution < -0.4 is 5.32 Å². The Morgan fingerprint density at radius 3 is 3.16 bits per heavy atom. The molecule has 100 valence electrons. The van der Waals surface area contributed by atoms with E-state index in [1.54, 1.807) is 12.7 Å². The van der Waals surface area contributed by atoms with Crippen molar-refractivity contribution in [2.75, 3.05) is 11.1 Å². The summed E-state index contributed by atoms with van der Waals surface area (Å²) in [7, 11) is 0. The van der Waals surface area contributed by atoms with Crippen molar-refractivity contribution in [1.82, 2.24) is 14.8 Å². The van der Waals surface area contributed by atoms with Gasteiger partial charge in [-0.25, -0.2) is 9.67 Å². The fourth-order valence-corrected chi connectivity index (χ4v) is 3.56. The lowest BCUT2D eigenvalue weighted by Gasteiger charge is -2.14. The molecule has 2 aromatic rings. The van der Waals surface area contributed by atoms with Crippen molar-refractivity contribution in [2.45, 2.75) is 31.2 Å². The zero-order valence-electron chi connectivity index (χ0n) is 11.0. The summed E-state index contributed by atoms with van der Waals surface area (Å²) in [5.74, 6) is 1.20. The summed E-state index contributed by atoms with van der Waals surface area (Å²) >= 11 is 2.05. The van der Waals surface area contributed by atoms with Crippen LogP contribution in [0.25, 0.3) is 0 Å². The molecule has 4 nitrogen and oxygen atoms in total. The minimum absolute atomic E-state index is 0.599. The van der Waals surface area contributed by atoms with Gasteiger partial charge in [-0.3, -0.25) is 0 Å². The molecule has 19 heavy (non-hydrogen) atoms. The van der Waals surface area contributed by atoms with Gasteiger partial charge in [-0.15, -0.1) is 0 Å². The Bertz CT molecular complexity index is 526. The highest BCUT2D eigenvalue weighted by Crippen LogP contribution is 2.28. The van der Waals surface area contributed by atoms with Gasteiger partial charge in [-0.05, 0) is 24.1 Å². The lowest BCUT2D eigenvalue weighted by atomic mass is 10.1. The average Bonchev–Trinajstić information content (AvgIpc) is 3.02. The zero-order valence-corrected chi connectivity index (χ0v) is 11.8. The first-order valence-corrected chi connectivity index (χ1v) is 7.64. The Hall–Kier alpha value is -1.49. The summed E-state index contributed by atoms with van der Waals surface area (Å²) in [4.78, 5) is 3.97. The van der Waals surface area contributed by atoms with Crippen LogP contribution in [0.2, 0.25) is 0 Å². The molecule has 0 amide bonds. The van der Waals surface area contributed by atoms with Gasteiger partial charge in [0.15, 0.2) is 0 Å². The molecule has 0 saturated carbocycles. The van der Waals surface area contributed by atoms with Crippen LogP contribution in [0.15, 0.2) is 36.9 Å². The van der Waals surface area contributed by atoms with E-state index < -0.39 is 0 Å². The molecule has 2 unspecified atom stereocenters. The van der Waals surface area contributed by atoms with Crippen LogP contribution in [0.1, 0.15) is 18.9 Å². The van der Waals surface area contributed by atoms with Crippen molar-refractivity contribution in [1.29, 1.82) is 0 Å². The molecule has 1 fully saturated rings. The number of aromatic nitrogens is 3. The van der Waals surface area contributed by atoms with Gasteiger partial charge < -0.3 is 5.32 Å². The van der Waals surface area contributed by atoms with Crippen molar-refractivity contribution in [3.05, 3.63) is 42.5 Å². The maximum absolute atomic E-state index is 4.14. The number of hydrogen-bond donors (Lipinski definition) is 1. The maximum Gasteiger partial charge on any atom is 0.137 e. The second-order valence-corrected chi connectivity index (χ2v) is 6.49. The molecule has 0 bridgehead atoms. The lowest BCUT2D eigenvalue weighted by Crippen LogP contribution is -2.19. The summed E-state index contributed by atoms with van der Waals surface area (Å²) < 4.78 is 1.84. The van der Waals surface area contributed by atoms with E-state index >= 15 is 0 Å². The first-order valence-electron chi connectivity index (χ1n) is 6.59. The molecule has 0 radical (unpaired) electrons. The first kappa shape index (κ1) is 12.5. The van der Waals surface area contributed by atoms with E-state index in [4.69, 9.17) is 0 Å². The monoisotopic (exact) mass is 274 g/mol. The van der Waals surface area contributed by atoms with Crippen LogP contribution in [0, 0.1) is 0 Å². The van der Waals surface area contributed by atoms with Crippen LogP contribution in [-0.4, -0.2) is 31.8 Å². The van der Waals surface area contributed by atoms with Crippen molar-refractivity contribution in [3.63, 3.8) is 0 Å². The van der Waals surface area contributed by atoms with Gasteiger partial charge in [0.1, 0.15) is 12.7 Å². The number of benzene rings is 1. The normalized spacial score (nSPS) is 22.6. The van der Waals surface area contributed by atoms with Gasteiger partial charge in [-0.1, -0.05) is 19.1 Å². The van der Waals surface area contributed by atoms with Gasteiger partial charge in [0.05, 0.1) is 6.54 Å². The van der Waals surface area contributed by atoms with E-state index in [0.29, 0.717) is 6.04 Å². The highest BCUT2D eigenvalue weighted by molar-refractivity contribution is 8.00. The quantitative estimate of drug-likeness (QED) is 0.930. The largest absolute Gasteiger partial charge is 0.381 e. The predicted molar refractivity (Wildman–Crippen MR) is 79.5 cm³/mol. The first-order chi connectivity index (χ1) is 9.29. The molecule has 2 heterocycles. The third-order valence-corrected chi connectivity index (χ3v) is 4.66. The summed E-state index contributed by atoms with van der Waals surface area (Å²) in [6.45, 7) is 3.07. The average molecular weight is 274 g/mol. The van der Waals surface area contributed by atoms with Gasteiger partial charge in [0.25, 0.3) is 0 Å². The number of nitrogens with zero attached hydrogens (tertiary/aromatic N) is 3. The van der Waals surface area contributed by atoms with Crippen LogP contribution in [0.4, 0.5) is 5.69 Å². The fraction of sp³-hybridized carbons (Fsp3) is 0.429. The molecule has 1 aliphatic heterocycles. The molecule has 2 atom stereocenters. The second-order valence-electron chi connectivity index (χ2n) is 5.01. The molecule has 1 aliphatic rings. The van der Waals surface area contributed by atoms with Gasteiger partial charge in [0.2, 0.25) is 0 Å². The van der Waals surface area contributed by atoms with Crippen LogP contribution in [0.5, 0.6) is 0 Å². The molecule has 0 spiro atoms. The standard InChI is InChI=1S/C14H18N4S/c1-11-5-14(8-19-11)17-13-4-2-3-12(6-13)7-18-10-15-9-16-18/h2-4,6,9-11,14,17H,5,7-8H2,1H3. The van der Waals surface area contributed by atoms with Crippen molar-refractivity contribution in [2.24, 2.45) is 0 Å². The minimum atomic E-state index is 0.599. The summed E-state index contributed by atoms with van der Waals surface area (Å²) in [6, 6.07) is 9.16. The number of rotatable bonds is 4. The fourth-order valence-electron chi connectivity index (χ4n) is 2.41. The van der Waals surface area contributed by atoms with Crippen molar-refractivity contribution < 1.29 is 0 Å². The highest BCUT2D eigenvalue weighted by Gasteiger charge is 2.21. The Morgan fingerprint density at radius 1 is 1.47 bits per heavy atom. The van der Waals surface area contributed by atoms with E-state index in [-0.39, 0.29) is 0 Å². The van der Waals surface area contributed by atoms with E-state index in [1.165, 1.54) is 23.4 Å². The van der Waals surface area contributed by atoms with Crippen LogP contribution in [0.3, 0.4) is 0 Å². The topological polar surface area (TPSA) is 42.7 Å². The number of thioether (sulfide) groups is 1. The predicted octanol–water partition coefficient (Wildman–Crippen LogP) is 2.63. The van der Waals surface area contributed by atoms with Gasteiger partial charge >= 0.3 is 0 Å². The minimum Gasteiger partial charge on any atom is -0.381 e. The molecule has 1 aromatic heterocycles. The number of nitrogens with one attached hydrogen (secondary N) is 1. The van der Waals surface area contributed by atoms with Crippen molar-refractivity contribution >= 4 is 17.4 Å². The molecule has 0 aliphatic carbocycles. The smallest absolute Gasteiger partial charge is 0.137 e. The van der Waals surface area contributed by atoms with Gasteiger partial charge in [-0.2, -0.15) is 16.9 Å². The summed E-state index contributed by atoms with van der Waals surface area (Å²) in [6.07, 6.45) is 4.56. The van der Waals surface area contributed by atoms with E-state index in [1.807, 2.05) is 16.4 Å². The van der Waals surface area contributed by atoms with Crippen LogP contribution in [-0.2, 0) is 6.54 Å². The molecular formula is C14H18N4S. The second kappa shape index (κ2) is 5.65. The summed E-state index contributed by atoms with van der Waals surface area (Å²) in [5.41, 5.74) is 2.45. The van der Waals surface area contributed by atoms with E-state index in [2.05, 4.69) is 46.6 Å². The third kappa shape index (κ3) is 3.29. The van der Waals surface area contributed by atoms with E-state index in [9.17, 15) is 0 Å². The van der Waals surface area contributed by atoms with Crippen LogP contribution >= 0.6 is 11.8 Å².